The molecule has 0 bridgehead atoms. The maximum absolute atomic E-state index is 6.58. The van der Waals surface area contributed by atoms with E-state index in [1.54, 1.807) is 0 Å². The van der Waals surface area contributed by atoms with Crippen molar-refractivity contribution in [3.63, 3.8) is 0 Å². The highest BCUT2D eigenvalue weighted by atomic mass is 16.5. The number of hydrogen-bond acceptors (Lipinski definition) is 3. The molecule has 1 aromatic carbocycles. The number of ether oxygens (including phenoxy) is 1. The van der Waals surface area contributed by atoms with Gasteiger partial charge in [-0.25, -0.2) is 0 Å². The predicted molar refractivity (Wildman–Crippen MR) is 69.3 cm³/mol. The highest BCUT2D eigenvalue weighted by molar-refractivity contribution is 5.41. The van der Waals surface area contributed by atoms with Crippen LogP contribution >= 0.6 is 0 Å². The number of aromatic nitrogens is 2. The molecule has 18 heavy (non-hydrogen) atoms. The number of rotatable bonds is 2. The Kier molecular flexibility index (Phi) is 2.59. The van der Waals surface area contributed by atoms with E-state index in [1.807, 2.05) is 42.2 Å². The van der Waals surface area contributed by atoms with Crippen molar-refractivity contribution in [3.8, 4) is 5.75 Å². The van der Waals surface area contributed by atoms with E-state index < -0.39 is 0 Å². The van der Waals surface area contributed by atoms with E-state index in [2.05, 4.69) is 11.2 Å². The van der Waals surface area contributed by atoms with E-state index in [-0.39, 0.29) is 5.54 Å². The molecule has 0 fully saturated rings. The van der Waals surface area contributed by atoms with Crippen LogP contribution < -0.4 is 10.5 Å². The molecule has 0 radical (unpaired) electrons. The second-order valence-corrected chi connectivity index (χ2v) is 4.91. The van der Waals surface area contributed by atoms with Gasteiger partial charge in [0.15, 0.2) is 0 Å². The molecule has 94 valence electrons. The summed E-state index contributed by atoms with van der Waals surface area (Å²) in [6.07, 6.45) is 3.51. The van der Waals surface area contributed by atoms with Gasteiger partial charge in [0, 0.05) is 31.6 Å². The standard InChI is InChI=1S/C14H17N3O/c1-17-8-6-11(16-17)10-14(15)7-9-18-13-5-3-2-4-12(13)14/h2-6,8H,7,9-10,15H2,1H3. The van der Waals surface area contributed by atoms with Crippen LogP contribution in [0.15, 0.2) is 36.5 Å². The van der Waals surface area contributed by atoms with Crippen molar-refractivity contribution in [2.75, 3.05) is 6.61 Å². The third-order valence-electron chi connectivity index (χ3n) is 3.49. The molecule has 4 nitrogen and oxygen atoms in total. The van der Waals surface area contributed by atoms with Gasteiger partial charge in [-0.05, 0) is 12.1 Å². The van der Waals surface area contributed by atoms with E-state index >= 15 is 0 Å². The van der Waals surface area contributed by atoms with Crippen LogP contribution in [0.5, 0.6) is 5.75 Å². The fourth-order valence-corrected chi connectivity index (χ4v) is 2.55. The van der Waals surface area contributed by atoms with Gasteiger partial charge in [0.2, 0.25) is 0 Å². The zero-order chi connectivity index (χ0) is 12.6. The van der Waals surface area contributed by atoms with E-state index in [4.69, 9.17) is 10.5 Å². The molecule has 0 aliphatic carbocycles. The normalized spacial score (nSPS) is 22.3. The smallest absolute Gasteiger partial charge is 0.124 e. The summed E-state index contributed by atoms with van der Waals surface area (Å²) in [5, 5.41) is 4.42. The quantitative estimate of drug-likeness (QED) is 0.871. The van der Waals surface area contributed by atoms with Crippen molar-refractivity contribution in [2.24, 2.45) is 12.8 Å². The number of nitrogens with zero attached hydrogens (tertiary/aromatic N) is 2. The van der Waals surface area contributed by atoms with Gasteiger partial charge in [-0.2, -0.15) is 5.10 Å². The average molecular weight is 243 g/mol. The van der Waals surface area contributed by atoms with Crippen LogP contribution in [0, 0.1) is 0 Å². The SMILES string of the molecule is Cn1ccc(CC2(N)CCOc3ccccc32)n1. The number of nitrogens with two attached hydrogens (primary N) is 1. The highest BCUT2D eigenvalue weighted by Gasteiger charge is 2.34. The van der Waals surface area contributed by atoms with Gasteiger partial charge in [-0.15, -0.1) is 0 Å². The Labute approximate surface area is 106 Å². The van der Waals surface area contributed by atoms with Crippen LogP contribution in [-0.2, 0) is 19.0 Å². The first-order chi connectivity index (χ1) is 8.67. The Morgan fingerprint density at radius 3 is 3.00 bits per heavy atom. The Bertz CT molecular complexity index is 564. The molecule has 1 atom stereocenters. The number of para-hydroxylation sites is 1. The molecule has 4 heteroatoms. The fraction of sp³-hybridized carbons (Fsp3) is 0.357. The zero-order valence-electron chi connectivity index (χ0n) is 10.5. The van der Waals surface area contributed by atoms with Gasteiger partial charge >= 0.3 is 0 Å². The molecule has 0 saturated carbocycles. The Morgan fingerprint density at radius 1 is 1.39 bits per heavy atom. The van der Waals surface area contributed by atoms with E-state index in [0.717, 1.165) is 29.8 Å². The number of aryl methyl sites for hydroxylation is 1. The van der Waals surface area contributed by atoms with Crippen LogP contribution in [0.25, 0.3) is 0 Å². The van der Waals surface area contributed by atoms with Crippen molar-refractivity contribution in [3.05, 3.63) is 47.8 Å². The molecule has 1 unspecified atom stereocenters. The third-order valence-corrected chi connectivity index (χ3v) is 3.49. The minimum atomic E-state index is -0.372. The molecule has 1 aliphatic heterocycles. The molecular formula is C14H17N3O. The Morgan fingerprint density at radius 2 is 2.22 bits per heavy atom. The van der Waals surface area contributed by atoms with Crippen LogP contribution in [0.4, 0.5) is 0 Å². The summed E-state index contributed by atoms with van der Waals surface area (Å²) in [6, 6.07) is 10.0. The lowest BCUT2D eigenvalue weighted by atomic mass is 9.82. The van der Waals surface area contributed by atoms with Gasteiger partial charge in [0.25, 0.3) is 0 Å². The molecule has 0 spiro atoms. The van der Waals surface area contributed by atoms with Crippen molar-refractivity contribution in [2.45, 2.75) is 18.4 Å². The molecule has 0 amide bonds. The van der Waals surface area contributed by atoms with Gasteiger partial charge in [0.1, 0.15) is 5.75 Å². The third kappa shape index (κ3) is 1.88. The Balaban J connectivity index is 1.95. The summed E-state index contributed by atoms with van der Waals surface area (Å²) < 4.78 is 7.47. The summed E-state index contributed by atoms with van der Waals surface area (Å²) in [5.41, 5.74) is 8.32. The van der Waals surface area contributed by atoms with Crippen molar-refractivity contribution in [1.29, 1.82) is 0 Å². The van der Waals surface area contributed by atoms with Gasteiger partial charge in [-0.3, -0.25) is 4.68 Å². The monoisotopic (exact) mass is 243 g/mol. The van der Waals surface area contributed by atoms with Gasteiger partial charge < -0.3 is 10.5 Å². The van der Waals surface area contributed by atoms with Crippen LogP contribution in [0.1, 0.15) is 17.7 Å². The lowest BCUT2D eigenvalue weighted by molar-refractivity contribution is 0.214. The summed E-state index contributed by atoms with van der Waals surface area (Å²) in [4.78, 5) is 0. The molecule has 2 aromatic rings. The molecule has 1 aliphatic rings. The van der Waals surface area contributed by atoms with Crippen molar-refractivity contribution >= 4 is 0 Å². The summed E-state index contributed by atoms with van der Waals surface area (Å²) in [5.74, 6) is 0.905. The van der Waals surface area contributed by atoms with E-state index in [1.165, 1.54) is 0 Å². The highest BCUT2D eigenvalue weighted by Crippen LogP contribution is 2.36. The second-order valence-electron chi connectivity index (χ2n) is 4.91. The predicted octanol–water partition coefficient (Wildman–Crippen LogP) is 1.60. The van der Waals surface area contributed by atoms with Crippen molar-refractivity contribution < 1.29 is 4.74 Å². The Hall–Kier alpha value is -1.81. The lowest BCUT2D eigenvalue weighted by Crippen LogP contribution is -2.43. The lowest BCUT2D eigenvalue weighted by Gasteiger charge is -2.35. The maximum atomic E-state index is 6.58. The first-order valence-corrected chi connectivity index (χ1v) is 6.17. The van der Waals surface area contributed by atoms with Crippen LogP contribution in [0.2, 0.25) is 0 Å². The first-order valence-electron chi connectivity index (χ1n) is 6.17. The average Bonchev–Trinajstić information content (AvgIpc) is 2.75. The minimum absolute atomic E-state index is 0.372. The molecule has 2 N–H and O–H groups in total. The minimum Gasteiger partial charge on any atom is -0.493 e. The summed E-state index contributed by atoms with van der Waals surface area (Å²) in [7, 11) is 1.92. The summed E-state index contributed by atoms with van der Waals surface area (Å²) in [6.45, 7) is 0.667. The fourth-order valence-electron chi connectivity index (χ4n) is 2.55. The van der Waals surface area contributed by atoms with E-state index in [9.17, 15) is 0 Å². The van der Waals surface area contributed by atoms with Crippen LogP contribution in [-0.4, -0.2) is 16.4 Å². The van der Waals surface area contributed by atoms with Gasteiger partial charge in [-0.1, -0.05) is 18.2 Å². The van der Waals surface area contributed by atoms with Gasteiger partial charge in [0.05, 0.1) is 17.8 Å². The molecule has 3 rings (SSSR count). The molecular weight excluding hydrogens is 226 g/mol. The largest absolute Gasteiger partial charge is 0.493 e. The molecule has 1 aromatic heterocycles. The second kappa shape index (κ2) is 4.14. The maximum Gasteiger partial charge on any atom is 0.124 e. The zero-order valence-corrected chi connectivity index (χ0v) is 10.5. The first kappa shape index (κ1) is 11.3. The van der Waals surface area contributed by atoms with E-state index in [0.29, 0.717) is 6.61 Å². The number of fused-ring (bicyclic) bond motifs is 1. The number of hydrogen-bond donors (Lipinski definition) is 1. The van der Waals surface area contributed by atoms with Crippen LogP contribution in [0.3, 0.4) is 0 Å². The molecule has 0 saturated heterocycles. The molecule has 2 heterocycles. The topological polar surface area (TPSA) is 53.1 Å². The van der Waals surface area contributed by atoms with Crippen molar-refractivity contribution in [1.82, 2.24) is 9.78 Å². The number of benzene rings is 1. The summed E-state index contributed by atoms with van der Waals surface area (Å²) >= 11 is 0.